The predicted octanol–water partition coefficient (Wildman–Crippen LogP) is 3.35. The molecule has 3 nitrogen and oxygen atoms in total. The normalized spacial score (nSPS) is 11.6. The van der Waals surface area contributed by atoms with E-state index in [1.54, 1.807) is 6.20 Å². The molecule has 0 saturated heterocycles. The highest BCUT2D eigenvalue weighted by Crippen LogP contribution is 2.33. The van der Waals surface area contributed by atoms with E-state index in [0.717, 1.165) is 27.5 Å². The van der Waals surface area contributed by atoms with Gasteiger partial charge in [-0.3, -0.25) is 4.98 Å². The van der Waals surface area contributed by atoms with Crippen molar-refractivity contribution in [2.24, 2.45) is 0 Å². The maximum Gasteiger partial charge on any atom is 0.150 e. The molecular formula is C15H10N2O. The summed E-state index contributed by atoms with van der Waals surface area (Å²) in [6.45, 7) is 0. The third-order valence-corrected chi connectivity index (χ3v) is 3.33. The Hall–Kier alpha value is -2.55. The average Bonchev–Trinajstić information content (AvgIpc) is 2.73. The Kier molecular flexibility index (Phi) is 1.70. The van der Waals surface area contributed by atoms with E-state index in [1.165, 1.54) is 0 Å². The summed E-state index contributed by atoms with van der Waals surface area (Å²) in [7, 11) is 0. The molecule has 0 saturated carbocycles. The second-order valence-corrected chi connectivity index (χ2v) is 4.33. The summed E-state index contributed by atoms with van der Waals surface area (Å²) in [6.07, 6.45) is 1.72. The summed E-state index contributed by atoms with van der Waals surface area (Å²) in [5.74, 6) is 0.295. The minimum atomic E-state index is 0.295. The molecule has 2 heterocycles. The Morgan fingerprint density at radius 2 is 1.56 bits per heavy atom. The average molecular weight is 234 g/mol. The fourth-order valence-corrected chi connectivity index (χ4v) is 2.51. The lowest BCUT2D eigenvalue weighted by atomic mass is 10.2. The highest BCUT2D eigenvalue weighted by Gasteiger charge is 2.12. The van der Waals surface area contributed by atoms with Crippen LogP contribution in [-0.2, 0) is 0 Å². The van der Waals surface area contributed by atoms with Gasteiger partial charge in [-0.15, -0.1) is 0 Å². The number of fused-ring (bicyclic) bond motifs is 5. The van der Waals surface area contributed by atoms with Crippen LogP contribution in [0.2, 0.25) is 0 Å². The van der Waals surface area contributed by atoms with Crippen LogP contribution in [0.1, 0.15) is 0 Å². The van der Waals surface area contributed by atoms with E-state index in [0.29, 0.717) is 5.75 Å². The van der Waals surface area contributed by atoms with Crippen LogP contribution in [0.25, 0.3) is 27.5 Å². The van der Waals surface area contributed by atoms with Gasteiger partial charge in [-0.2, -0.15) is 0 Å². The van der Waals surface area contributed by atoms with Crippen LogP contribution in [0.3, 0.4) is 0 Å². The zero-order valence-electron chi connectivity index (χ0n) is 9.54. The van der Waals surface area contributed by atoms with Crippen LogP contribution in [-0.4, -0.2) is 14.5 Å². The number of benzene rings is 2. The Morgan fingerprint density at radius 1 is 0.833 bits per heavy atom. The zero-order chi connectivity index (χ0) is 12.1. The van der Waals surface area contributed by atoms with Crippen molar-refractivity contribution < 1.29 is 5.11 Å². The largest absolute Gasteiger partial charge is 0.505 e. The highest BCUT2D eigenvalue weighted by molar-refractivity contribution is 5.99. The molecule has 0 spiro atoms. The van der Waals surface area contributed by atoms with Gasteiger partial charge < -0.3 is 9.51 Å². The first-order valence-electron chi connectivity index (χ1n) is 5.82. The molecule has 0 aliphatic carbocycles. The lowest BCUT2D eigenvalue weighted by molar-refractivity contribution is 0.487. The molecule has 18 heavy (non-hydrogen) atoms. The van der Waals surface area contributed by atoms with Crippen LogP contribution in [0.15, 0.2) is 54.7 Å². The first-order valence-corrected chi connectivity index (χ1v) is 5.82. The number of hydrogen-bond acceptors (Lipinski definition) is 2. The molecule has 0 aliphatic rings. The molecule has 0 fully saturated rings. The van der Waals surface area contributed by atoms with Crippen molar-refractivity contribution in [2.45, 2.75) is 0 Å². The monoisotopic (exact) mass is 234 g/mol. The van der Waals surface area contributed by atoms with Crippen molar-refractivity contribution in [1.82, 2.24) is 9.38 Å². The molecule has 0 amide bonds. The van der Waals surface area contributed by atoms with Crippen molar-refractivity contribution in [3.05, 3.63) is 54.7 Å². The Balaban J connectivity index is 2.41. The van der Waals surface area contributed by atoms with Gasteiger partial charge in [0.2, 0.25) is 0 Å². The van der Waals surface area contributed by atoms with E-state index in [2.05, 4.69) is 4.98 Å². The van der Waals surface area contributed by atoms with Crippen molar-refractivity contribution in [3.63, 3.8) is 0 Å². The lowest BCUT2D eigenvalue weighted by Crippen LogP contribution is -1.89. The molecule has 1 N–H and O–H groups in total. The van der Waals surface area contributed by atoms with Crippen molar-refractivity contribution >= 4 is 27.5 Å². The minimum absolute atomic E-state index is 0.295. The molecule has 86 valence electrons. The lowest BCUT2D eigenvalue weighted by Gasteiger charge is -2.02. The van der Waals surface area contributed by atoms with Crippen molar-refractivity contribution in [2.75, 3.05) is 0 Å². The number of rotatable bonds is 0. The van der Waals surface area contributed by atoms with Crippen molar-refractivity contribution in [1.29, 1.82) is 0 Å². The molecule has 2 aromatic heterocycles. The first-order chi connectivity index (χ1) is 8.86. The predicted molar refractivity (Wildman–Crippen MR) is 71.9 cm³/mol. The minimum Gasteiger partial charge on any atom is -0.505 e. The van der Waals surface area contributed by atoms with Crippen LogP contribution in [0.5, 0.6) is 5.75 Å². The number of aromatic hydroxyl groups is 1. The maximum atomic E-state index is 10.2. The standard InChI is InChI=1S/C15H10N2O/c18-15-10-5-1-3-7-12(10)17-13-8-4-2-6-11(13)16-9-14(15)17/h1-9,18H. The Morgan fingerprint density at radius 3 is 2.44 bits per heavy atom. The third-order valence-electron chi connectivity index (χ3n) is 3.33. The maximum absolute atomic E-state index is 10.2. The summed E-state index contributed by atoms with van der Waals surface area (Å²) in [5, 5.41) is 11.1. The van der Waals surface area contributed by atoms with Crippen LogP contribution in [0.4, 0.5) is 0 Å². The Labute approximate surface area is 103 Å². The van der Waals surface area contributed by atoms with Crippen LogP contribution >= 0.6 is 0 Å². The third kappa shape index (κ3) is 1.06. The molecule has 4 rings (SSSR count). The fraction of sp³-hybridized carbons (Fsp3) is 0. The summed E-state index contributed by atoms with van der Waals surface area (Å²) >= 11 is 0. The molecule has 2 aromatic carbocycles. The Bertz CT molecular complexity index is 893. The summed E-state index contributed by atoms with van der Waals surface area (Å²) < 4.78 is 2.05. The first kappa shape index (κ1) is 9.48. The van der Waals surface area contributed by atoms with Gasteiger partial charge in [-0.25, -0.2) is 0 Å². The van der Waals surface area contributed by atoms with Gasteiger partial charge in [0.05, 0.1) is 22.7 Å². The molecule has 4 aromatic rings. The van der Waals surface area contributed by atoms with Gasteiger partial charge in [-0.1, -0.05) is 24.3 Å². The summed E-state index contributed by atoms with van der Waals surface area (Å²) in [6, 6.07) is 15.8. The van der Waals surface area contributed by atoms with Gasteiger partial charge in [0.15, 0.2) is 5.75 Å². The summed E-state index contributed by atoms with van der Waals surface area (Å²) in [4.78, 5) is 4.38. The molecule has 0 aliphatic heterocycles. The second kappa shape index (κ2) is 3.23. The fourth-order valence-electron chi connectivity index (χ4n) is 2.51. The number of nitrogens with zero attached hydrogens (tertiary/aromatic N) is 2. The topological polar surface area (TPSA) is 37.5 Å². The van der Waals surface area contributed by atoms with Gasteiger partial charge in [0, 0.05) is 5.39 Å². The molecule has 0 bridgehead atoms. The smallest absolute Gasteiger partial charge is 0.150 e. The van der Waals surface area contributed by atoms with Gasteiger partial charge >= 0.3 is 0 Å². The van der Waals surface area contributed by atoms with E-state index in [1.807, 2.05) is 52.9 Å². The van der Waals surface area contributed by atoms with E-state index in [-0.39, 0.29) is 0 Å². The SMILES string of the molecule is Oc1c2ccccc2n2c1cnc1ccccc12. The van der Waals surface area contributed by atoms with E-state index >= 15 is 0 Å². The van der Waals surface area contributed by atoms with Crippen LogP contribution < -0.4 is 0 Å². The number of hydrogen-bond donors (Lipinski definition) is 1. The van der Waals surface area contributed by atoms with Gasteiger partial charge in [-0.05, 0) is 24.3 Å². The zero-order valence-corrected chi connectivity index (χ0v) is 9.54. The molecule has 0 atom stereocenters. The van der Waals surface area contributed by atoms with Crippen molar-refractivity contribution in [3.8, 4) is 5.75 Å². The van der Waals surface area contributed by atoms with Crippen LogP contribution in [0, 0.1) is 0 Å². The molecule has 3 heteroatoms. The van der Waals surface area contributed by atoms with E-state index in [4.69, 9.17) is 0 Å². The van der Waals surface area contributed by atoms with Gasteiger partial charge in [0.1, 0.15) is 5.52 Å². The summed E-state index contributed by atoms with van der Waals surface area (Å²) in [5.41, 5.74) is 3.68. The van der Waals surface area contributed by atoms with E-state index < -0.39 is 0 Å². The highest BCUT2D eigenvalue weighted by atomic mass is 16.3. The number of aromatic nitrogens is 2. The molecule has 0 unspecified atom stereocenters. The second-order valence-electron chi connectivity index (χ2n) is 4.33. The quantitative estimate of drug-likeness (QED) is 0.506. The molecular weight excluding hydrogens is 224 g/mol. The van der Waals surface area contributed by atoms with E-state index in [9.17, 15) is 5.11 Å². The van der Waals surface area contributed by atoms with Gasteiger partial charge in [0.25, 0.3) is 0 Å². The number of para-hydroxylation sites is 3. The molecule has 0 radical (unpaired) electrons.